The molecule has 1 saturated carbocycles. The first-order chi connectivity index (χ1) is 9.18. The summed E-state index contributed by atoms with van der Waals surface area (Å²) in [6.07, 6.45) is 2.72. The predicted octanol–water partition coefficient (Wildman–Crippen LogP) is 4.87. The molecular formula is C16H16BrNS. The van der Waals surface area contributed by atoms with Gasteiger partial charge in [-0.1, -0.05) is 28.1 Å². The summed E-state index contributed by atoms with van der Waals surface area (Å²) >= 11 is 5.58. The number of nitrogens with one attached hydrogen (secondary N) is 1. The van der Waals surface area contributed by atoms with E-state index in [1.165, 1.54) is 35.4 Å². The predicted molar refractivity (Wildman–Crippen MR) is 84.8 cm³/mol. The van der Waals surface area contributed by atoms with Gasteiger partial charge < -0.3 is 5.32 Å². The third-order valence-electron chi connectivity index (χ3n) is 4.42. The van der Waals surface area contributed by atoms with Crippen LogP contribution >= 0.6 is 27.3 Å². The average Bonchev–Trinajstić information content (AvgIpc) is 3.02. The summed E-state index contributed by atoms with van der Waals surface area (Å²) in [5.41, 5.74) is 3.34. The molecule has 2 aromatic rings. The second-order valence-corrected chi connectivity index (χ2v) is 7.76. The van der Waals surface area contributed by atoms with Crippen molar-refractivity contribution in [2.24, 2.45) is 0 Å². The molecule has 1 unspecified atom stereocenters. The van der Waals surface area contributed by atoms with Gasteiger partial charge in [0.1, 0.15) is 0 Å². The molecule has 2 aliphatic rings. The second-order valence-electron chi connectivity index (χ2n) is 5.79. The van der Waals surface area contributed by atoms with E-state index in [-0.39, 0.29) is 0 Å². The first-order valence-corrected chi connectivity index (χ1v) is 8.42. The highest BCUT2D eigenvalue weighted by Gasteiger charge is 2.49. The number of rotatable bonds is 1. The van der Waals surface area contributed by atoms with Crippen LogP contribution in [0.2, 0.25) is 0 Å². The largest absolute Gasteiger partial charge is 0.309 e. The minimum absolute atomic E-state index is 0.483. The molecule has 0 bridgehead atoms. The van der Waals surface area contributed by atoms with Crippen molar-refractivity contribution in [1.82, 2.24) is 5.32 Å². The highest BCUT2D eigenvalue weighted by atomic mass is 79.9. The van der Waals surface area contributed by atoms with E-state index < -0.39 is 0 Å². The van der Waals surface area contributed by atoms with Crippen molar-refractivity contribution in [2.45, 2.75) is 31.2 Å². The van der Waals surface area contributed by atoms with Gasteiger partial charge in [-0.2, -0.15) is 0 Å². The topological polar surface area (TPSA) is 12.0 Å². The van der Waals surface area contributed by atoms with Crippen LogP contribution in [0.15, 0.2) is 34.8 Å². The van der Waals surface area contributed by atoms with Crippen molar-refractivity contribution < 1.29 is 0 Å². The van der Waals surface area contributed by atoms with E-state index in [2.05, 4.69) is 58.5 Å². The molecule has 1 aliphatic heterocycles. The Hall–Kier alpha value is -0.640. The van der Waals surface area contributed by atoms with E-state index in [4.69, 9.17) is 0 Å². The fraction of sp³-hybridized carbons (Fsp3) is 0.375. The second kappa shape index (κ2) is 4.18. The van der Waals surface area contributed by atoms with E-state index in [9.17, 15) is 0 Å². The molecule has 0 radical (unpaired) electrons. The van der Waals surface area contributed by atoms with Crippen molar-refractivity contribution in [1.29, 1.82) is 0 Å². The number of halogens is 1. The summed E-state index contributed by atoms with van der Waals surface area (Å²) < 4.78 is 1.16. The number of hydrogen-bond acceptors (Lipinski definition) is 2. The Labute approximate surface area is 126 Å². The van der Waals surface area contributed by atoms with Crippen molar-refractivity contribution in [3.8, 4) is 10.4 Å². The molecular weight excluding hydrogens is 318 g/mol. The maximum absolute atomic E-state index is 3.66. The summed E-state index contributed by atoms with van der Waals surface area (Å²) in [7, 11) is 0. The molecule has 1 fully saturated rings. The number of benzene rings is 1. The molecule has 0 amide bonds. The standard InChI is InChI=1S/C16H16BrNS/c1-10-13-8-14(11-3-2-4-12(17)7-11)19-15(13)16(5-6-16)9-18-10/h2-4,7-8,10,18H,5-6,9H2,1H3. The summed E-state index contributed by atoms with van der Waals surface area (Å²) in [6, 6.07) is 11.5. The summed E-state index contributed by atoms with van der Waals surface area (Å²) in [4.78, 5) is 3.06. The van der Waals surface area contributed by atoms with Crippen LogP contribution in [-0.4, -0.2) is 6.54 Å². The molecule has 19 heavy (non-hydrogen) atoms. The van der Waals surface area contributed by atoms with Gasteiger partial charge in [-0.05, 0) is 49.1 Å². The van der Waals surface area contributed by atoms with E-state index in [0.717, 1.165) is 4.47 Å². The Balaban J connectivity index is 1.84. The van der Waals surface area contributed by atoms with Crippen molar-refractivity contribution in [3.63, 3.8) is 0 Å². The molecule has 1 aromatic heterocycles. The molecule has 1 atom stereocenters. The lowest BCUT2D eigenvalue weighted by molar-refractivity contribution is 0.474. The zero-order valence-corrected chi connectivity index (χ0v) is 13.3. The van der Waals surface area contributed by atoms with E-state index >= 15 is 0 Å². The monoisotopic (exact) mass is 333 g/mol. The summed E-state index contributed by atoms with van der Waals surface area (Å²) in [5.74, 6) is 0. The lowest BCUT2D eigenvalue weighted by Crippen LogP contribution is -2.34. The first kappa shape index (κ1) is 12.1. The smallest absolute Gasteiger partial charge is 0.0349 e. The van der Waals surface area contributed by atoms with Crippen LogP contribution in [0.4, 0.5) is 0 Å². The van der Waals surface area contributed by atoms with Gasteiger partial charge in [0.15, 0.2) is 0 Å². The lowest BCUT2D eigenvalue weighted by Gasteiger charge is -2.27. The zero-order valence-electron chi connectivity index (χ0n) is 10.9. The van der Waals surface area contributed by atoms with Gasteiger partial charge >= 0.3 is 0 Å². The maximum atomic E-state index is 3.66. The van der Waals surface area contributed by atoms with Crippen molar-refractivity contribution in [3.05, 3.63) is 45.2 Å². The quantitative estimate of drug-likeness (QED) is 0.784. The van der Waals surface area contributed by atoms with Gasteiger partial charge in [0, 0.05) is 32.2 Å². The van der Waals surface area contributed by atoms with Crippen LogP contribution in [0.3, 0.4) is 0 Å². The van der Waals surface area contributed by atoms with Crippen molar-refractivity contribution in [2.75, 3.05) is 6.54 Å². The minimum Gasteiger partial charge on any atom is -0.309 e. The molecule has 4 rings (SSSR count). The van der Waals surface area contributed by atoms with Gasteiger partial charge in [0.2, 0.25) is 0 Å². The zero-order chi connectivity index (χ0) is 13.0. The molecule has 2 heterocycles. The van der Waals surface area contributed by atoms with Crippen LogP contribution in [0.25, 0.3) is 10.4 Å². The molecule has 1 N–H and O–H groups in total. The molecule has 3 heteroatoms. The van der Waals surface area contributed by atoms with Gasteiger partial charge in [-0.25, -0.2) is 0 Å². The third-order valence-corrected chi connectivity index (χ3v) is 6.36. The Morgan fingerprint density at radius 2 is 2.16 bits per heavy atom. The highest BCUT2D eigenvalue weighted by molar-refractivity contribution is 9.10. The highest BCUT2D eigenvalue weighted by Crippen LogP contribution is 2.56. The van der Waals surface area contributed by atoms with Gasteiger partial charge in [-0.15, -0.1) is 11.3 Å². The van der Waals surface area contributed by atoms with Gasteiger partial charge in [0.25, 0.3) is 0 Å². The molecule has 0 saturated heterocycles. The first-order valence-electron chi connectivity index (χ1n) is 6.81. The summed E-state index contributed by atoms with van der Waals surface area (Å²) in [5, 5.41) is 3.66. The average molecular weight is 334 g/mol. The maximum Gasteiger partial charge on any atom is 0.0349 e. The fourth-order valence-electron chi connectivity index (χ4n) is 3.02. The Morgan fingerprint density at radius 1 is 1.32 bits per heavy atom. The van der Waals surface area contributed by atoms with E-state index in [0.29, 0.717) is 11.5 Å². The Kier molecular flexibility index (Phi) is 2.66. The molecule has 1 spiro atoms. The SMILES string of the molecule is CC1NCC2(CC2)c2sc(-c3cccc(Br)c3)cc21. The number of fused-ring (bicyclic) bond motifs is 2. The fourth-order valence-corrected chi connectivity index (χ4v) is 4.91. The van der Waals surface area contributed by atoms with Crippen molar-refractivity contribution >= 4 is 27.3 Å². The van der Waals surface area contributed by atoms with Gasteiger partial charge in [0.05, 0.1) is 0 Å². The number of hydrogen-bond donors (Lipinski definition) is 1. The molecule has 98 valence electrons. The molecule has 1 aromatic carbocycles. The van der Waals surface area contributed by atoms with E-state index in [1.807, 2.05) is 11.3 Å². The molecule has 1 nitrogen and oxygen atoms in total. The van der Waals surface area contributed by atoms with E-state index in [1.54, 1.807) is 4.88 Å². The minimum atomic E-state index is 0.483. The van der Waals surface area contributed by atoms with Crippen LogP contribution in [0.1, 0.15) is 36.2 Å². The number of thiophene rings is 1. The normalized spacial score (nSPS) is 23.4. The van der Waals surface area contributed by atoms with Crippen LogP contribution < -0.4 is 5.32 Å². The summed E-state index contributed by atoms with van der Waals surface area (Å²) in [6.45, 7) is 3.45. The van der Waals surface area contributed by atoms with Crippen LogP contribution in [0, 0.1) is 0 Å². The third kappa shape index (κ3) is 1.91. The van der Waals surface area contributed by atoms with Gasteiger partial charge in [-0.3, -0.25) is 0 Å². The molecule has 1 aliphatic carbocycles. The van der Waals surface area contributed by atoms with Crippen LogP contribution in [-0.2, 0) is 5.41 Å². The lowest BCUT2D eigenvalue weighted by atomic mass is 9.92. The Morgan fingerprint density at radius 3 is 2.89 bits per heavy atom. The van der Waals surface area contributed by atoms with Crippen LogP contribution in [0.5, 0.6) is 0 Å². The Bertz CT molecular complexity index is 642.